The Kier molecular flexibility index (Phi) is 2.34. The summed E-state index contributed by atoms with van der Waals surface area (Å²) in [5.74, 6) is 0. The van der Waals surface area contributed by atoms with E-state index in [0.717, 1.165) is 24.1 Å². The first kappa shape index (κ1) is 8.98. The molecular weight excluding hydrogens is 172 g/mol. The van der Waals surface area contributed by atoms with Gasteiger partial charge in [-0.15, -0.1) is 0 Å². The van der Waals surface area contributed by atoms with Crippen LogP contribution >= 0.6 is 0 Å². The Morgan fingerprint density at radius 3 is 2.93 bits per heavy atom. The third-order valence-corrected chi connectivity index (χ3v) is 2.55. The lowest BCUT2D eigenvalue weighted by Crippen LogP contribution is -2.10. The molecule has 0 amide bonds. The molecule has 1 aliphatic carbocycles. The van der Waals surface area contributed by atoms with Crippen molar-refractivity contribution >= 4 is 5.57 Å². The maximum Gasteiger partial charge on any atom is 0.0998 e. The predicted molar refractivity (Wildman–Crippen MR) is 56.6 cm³/mol. The number of nitrogens with zero attached hydrogens (tertiary/aromatic N) is 1. The van der Waals surface area contributed by atoms with Gasteiger partial charge in [0.25, 0.3) is 0 Å². The molecular formula is C12H12N2. The van der Waals surface area contributed by atoms with E-state index >= 15 is 0 Å². The molecule has 0 saturated heterocycles. The molecule has 0 heterocycles. The van der Waals surface area contributed by atoms with Gasteiger partial charge in [0.2, 0.25) is 0 Å². The van der Waals surface area contributed by atoms with Crippen molar-refractivity contribution in [1.82, 2.24) is 5.32 Å². The molecule has 1 N–H and O–H groups in total. The van der Waals surface area contributed by atoms with E-state index in [4.69, 9.17) is 5.26 Å². The third-order valence-electron chi connectivity index (χ3n) is 2.55. The number of nitrogens with one attached hydrogen (secondary N) is 1. The van der Waals surface area contributed by atoms with Crippen molar-refractivity contribution < 1.29 is 0 Å². The molecule has 2 nitrogen and oxygen atoms in total. The van der Waals surface area contributed by atoms with Gasteiger partial charge in [0.1, 0.15) is 0 Å². The summed E-state index contributed by atoms with van der Waals surface area (Å²) < 4.78 is 0. The summed E-state index contributed by atoms with van der Waals surface area (Å²) in [6, 6.07) is 10.4. The van der Waals surface area contributed by atoms with Crippen LogP contribution in [0.4, 0.5) is 0 Å². The van der Waals surface area contributed by atoms with Gasteiger partial charge in [0, 0.05) is 6.54 Å². The molecule has 1 aromatic rings. The average molecular weight is 184 g/mol. The van der Waals surface area contributed by atoms with Gasteiger partial charge >= 0.3 is 0 Å². The summed E-state index contributed by atoms with van der Waals surface area (Å²) in [4.78, 5) is 0. The molecule has 0 unspecified atom stereocenters. The van der Waals surface area contributed by atoms with Crippen molar-refractivity contribution in [2.24, 2.45) is 0 Å². The molecule has 1 aliphatic rings. The van der Waals surface area contributed by atoms with E-state index < -0.39 is 0 Å². The first-order valence-electron chi connectivity index (χ1n) is 4.72. The van der Waals surface area contributed by atoms with Crippen LogP contribution in [0.1, 0.15) is 11.1 Å². The van der Waals surface area contributed by atoms with Gasteiger partial charge in [0.05, 0.1) is 11.6 Å². The van der Waals surface area contributed by atoms with Gasteiger partial charge < -0.3 is 5.32 Å². The minimum absolute atomic E-state index is 0.803. The summed E-state index contributed by atoms with van der Waals surface area (Å²) in [5, 5.41) is 12.2. The van der Waals surface area contributed by atoms with E-state index in [0.29, 0.717) is 0 Å². The molecule has 0 aliphatic heterocycles. The van der Waals surface area contributed by atoms with E-state index in [-0.39, 0.29) is 0 Å². The molecule has 70 valence electrons. The molecule has 14 heavy (non-hydrogen) atoms. The molecule has 2 rings (SSSR count). The van der Waals surface area contributed by atoms with Crippen LogP contribution in [-0.4, -0.2) is 13.6 Å². The summed E-state index contributed by atoms with van der Waals surface area (Å²) >= 11 is 0. The Bertz CT molecular complexity index is 424. The largest absolute Gasteiger partial charge is 0.316 e. The van der Waals surface area contributed by atoms with Crippen LogP contribution in [0.3, 0.4) is 0 Å². The van der Waals surface area contributed by atoms with Crippen LogP contribution in [0.2, 0.25) is 0 Å². The molecule has 0 radical (unpaired) electrons. The number of rotatable bonds is 2. The van der Waals surface area contributed by atoms with E-state index in [2.05, 4.69) is 17.5 Å². The maximum atomic E-state index is 9.07. The SMILES string of the molecule is CNCC1=C(C#N)c2ccccc2C1. The molecule has 0 fully saturated rings. The van der Waals surface area contributed by atoms with Gasteiger partial charge in [-0.25, -0.2) is 0 Å². The Labute approximate surface area is 83.9 Å². The highest BCUT2D eigenvalue weighted by Gasteiger charge is 2.19. The Hall–Kier alpha value is -1.59. The average Bonchev–Trinajstić information content (AvgIpc) is 2.55. The number of hydrogen-bond donors (Lipinski definition) is 1. The number of benzene rings is 1. The van der Waals surface area contributed by atoms with Gasteiger partial charge in [-0.2, -0.15) is 5.26 Å². The summed E-state index contributed by atoms with van der Waals surface area (Å²) in [6.07, 6.45) is 0.917. The lowest BCUT2D eigenvalue weighted by molar-refractivity contribution is 0.865. The van der Waals surface area contributed by atoms with Crippen LogP contribution in [0.15, 0.2) is 29.8 Å². The second-order valence-corrected chi connectivity index (χ2v) is 3.45. The van der Waals surface area contributed by atoms with E-state index in [1.165, 1.54) is 11.1 Å². The summed E-state index contributed by atoms with van der Waals surface area (Å²) in [5.41, 5.74) is 4.45. The topological polar surface area (TPSA) is 35.8 Å². The van der Waals surface area contributed by atoms with Crippen LogP contribution in [0.25, 0.3) is 5.57 Å². The smallest absolute Gasteiger partial charge is 0.0998 e. The van der Waals surface area contributed by atoms with Crippen LogP contribution in [0, 0.1) is 11.3 Å². The van der Waals surface area contributed by atoms with Crippen molar-refractivity contribution in [1.29, 1.82) is 5.26 Å². The fourth-order valence-electron chi connectivity index (χ4n) is 1.93. The van der Waals surface area contributed by atoms with E-state index in [1.807, 2.05) is 25.2 Å². The van der Waals surface area contributed by atoms with Crippen LogP contribution < -0.4 is 5.32 Å². The molecule has 1 aromatic carbocycles. The van der Waals surface area contributed by atoms with Crippen molar-refractivity contribution in [3.05, 3.63) is 41.0 Å². The number of nitriles is 1. The lowest BCUT2D eigenvalue weighted by atomic mass is 10.1. The highest BCUT2D eigenvalue weighted by atomic mass is 14.8. The Morgan fingerprint density at radius 1 is 1.43 bits per heavy atom. The molecule has 2 heteroatoms. The zero-order valence-electron chi connectivity index (χ0n) is 8.17. The fourth-order valence-corrected chi connectivity index (χ4v) is 1.93. The van der Waals surface area contributed by atoms with Gasteiger partial charge in [-0.3, -0.25) is 0 Å². The van der Waals surface area contributed by atoms with Crippen molar-refractivity contribution in [3.63, 3.8) is 0 Å². The van der Waals surface area contributed by atoms with E-state index in [1.54, 1.807) is 0 Å². The van der Waals surface area contributed by atoms with Crippen LogP contribution in [-0.2, 0) is 6.42 Å². The maximum absolute atomic E-state index is 9.07. The standard InChI is InChI=1S/C12H12N2/c1-14-8-10-6-9-4-2-3-5-11(9)12(10)7-13/h2-5,14H,6,8H2,1H3. The number of allylic oxidation sites excluding steroid dienone is 1. The third kappa shape index (κ3) is 1.32. The Morgan fingerprint density at radius 2 is 2.21 bits per heavy atom. The predicted octanol–water partition coefficient (Wildman–Crippen LogP) is 1.74. The van der Waals surface area contributed by atoms with E-state index in [9.17, 15) is 0 Å². The first-order chi connectivity index (χ1) is 6.86. The molecule has 0 aromatic heterocycles. The van der Waals surface area contributed by atoms with Crippen molar-refractivity contribution in [2.75, 3.05) is 13.6 Å². The summed E-state index contributed by atoms with van der Waals surface area (Å²) in [6.45, 7) is 0.803. The van der Waals surface area contributed by atoms with Crippen molar-refractivity contribution in [3.8, 4) is 6.07 Å². The highest BCUT2D eigenvalue weighted by Crippen LogP contribution is 2.31. The lowest BCUT2D eigenvalue weighted by Gasteiger charge is -1.99. The normalized spacial score (nSPS) is 14.0. The fraction of sp³-hybridized carbons (Fsp3) is 0.250. The zero-order chi connectivity index (χ0) is 9.97. The van der Waals surface area contributed by atoms with Gasteiger partial charge in [-0.1, -0.05) is 24.3 Å². The molecule has 0 atom stereocenters. The molecule has 0 spiro atoms. The highest BCUT2D eigenvalue weighted by molar-refractivity contribution is 5.85. The number of likely N-dealkylation sites (N-methyl/N-ethyl adjacent to an activating group) is 1. The zero-order valence-corrected chi connectivity index (χ0v) is 8.17. The minimum atomic E-state index is 0.803. The minimum Gasteiger partial charge on any atom is -0.316 e. The van der Waals surface area contributed by atoms with Gasteiger partial charge in [0.15, 0.2) is 0 Å². The number of fused-ring (bicyclic) bond motifs is 1. The van der Waals surface area contributed by atoms with Gasteiger partial charge in [-0.05, 0) is 30.2 Å². The van der Waals surface area contributed by atoms with Crippen molar-refractivity contribution in [2.45, 2.75) is 6.42 Å². The molecule has 0 saturated carbocycles. The van der Waals surface area contributed by atoms with Crippen LogP contribution in [0.5, 0.6) is 0 Å². The second kappa shape index (κ2) is 3.65. The number of hydrogen-bond acceptors (Lipinski definition) is 2. The first-order valence-corrected chi connectivity index (χ1v) is 4.72. The summed E-state index contributed by atoms with van der Waals surface area (Å²) in [7, 11) is 1.91. The Balaban J connectivity index is 2.45. The molecule has 0 bridgehead atoms. The monoisotopic (exact) mass is 184 g/mol. The quantitative estimate of drug-likeness (QED) is 0.760. The second-order valence-electron chi connectivity index (χ2n) is 3.45.